The monoisotopic (exact) mass is 452 g/mol. The summed E-state index contributed by atoms with van der Waals surface area (Å²) in [4.78, 5) is 2.40. The van der Waals surface area contributed by atoms with Gasteiger partial charge in [-0.1, -0.05) is 6.07 Å². The standard InChI is InChI=1S/C21H28N2O5S2/c1-27-17-12-16(13-18(28-2)20(17)24)14-22-8-5-21(15-22)6-9-23(10-7-21)30(25,26)19-4-3-11-29-19/h3-4,11-13,24H,5-10,14-15H2,1-2H3. The van der Waals surface area contributed by atoms with Crippen molar-refractivity contribution in [3.05, 3.63) is 35.2 Å². The Morgan fingerprint density at radius 3 is 2.30 bits per heavy atom. The molecule has 0 bridgehead atoms. The first-order valence-corrected chi connectivity index (χ1v) is 12.4. The summed E-state index contributed by atoms with van der Waals surface area (Å²) in [5.74, 6) is 0.830. The summed E-state index contributed by atoms with van der Waals surface area (Å²) in [5.41, 5.74) is 1.20. The highest BCUT2D eigenvalue weighted by atomic mass is 32.2. The van der Waals surface area contributed by atoms with Gasteiger partial charge in [0.15, 0.2) is 11.5 Å². The molecule has 1 N–H and O–H groups in total. The van der Waals surface area contributed by atoms with Crippen molar-refractivity contribution in [3.63, 3.8) is 0 Å². The zero-order valence-electron chi connectivity index (χ0n) is 17.3. The van der Waals surface area contributed by atoms with Crippen LogP contribution in [0.5, 0.6) is 17.2 Å². The van der Waals surface area contributed by atoms with Crippen LogP contribution in [0.1, 0.15) is 24.8 Å². The molecule has 3 heterocycles. The van der Waals surface area contributed by atoms with Crippen molar-refractivity contribution in [1.82, 2.24) is 9.21 Å². The van der Waals surface area contributed by atoms with E-state index in [-0.39, 0.29) is 11.2 Å². The molecule has 1 spiro atoms. The maximum atomic E-state index is 12.8. The predicted molar refractivity (Wildman–Crippen MR) is 116 cm³/mol. The maximum Gasteiger partial charge on any atom is 0.252 e. The van der Waals surface area contributed by atoms with E-state index in [1.165, 1.54) is 25.6 Å². The molecule has 9 heteroatoms. The van der Waals surface area contributed by atoms with Crippen molar-refractivity contribution in [3.8, 4) is 17.2 Å². The second kappa shape index (κ2) is 8.37. The fourth-order valence-electron chi connectivity index (χ4n) is 4.61. The Morgan fingerprint density at radius 2 is 1.73 bits per heavy atom. The van der Waals surface area contributed by atoms with Crippen molar-refractivity contribution in [2.45, 2.75) is 30.0 Å². The number of rotatable bonds is 6. The molecule has 2 aromatic rings. The summed E-state index contributed by atoms with van der Waals surface area (Å²) in [7, 11) is -0.302. The van der Waals surface area contributed by atoms with Gasteiger partial charge in [-0.25, -0.2) is 8.42 Å². The Bertz CT molecular complexity index is 958. The van der Waals surface area contributed by atoms with E-state index in [9.17, 15) is 13.5 Å². The fraction of sp³-hybridized carbons (Fsp3) is 0.524. The van der Waals surface area contributed by atoms with Gasteiger partial charge in [0, 0.05) is 26.2 Å². The van der Waals surface area contributed by atoms with Gasteiger partial charge in [0.05, 0.1) is 14.2 Å². The SMILES string of the molecule is COc1cc(CN2CCC3(CCN(S(=O)(=O)c4cccs4)CC3)C2)cc(OC)c1O. The fourth-order valence-corrected chi connectivity index (χ4v) is 7.19. The normalized spacial score (nSPS) is 19.9. The molecule has 30 heavy (non-hydrogen) atoms. The van der Waals surface area contributed by atoms with Crippen molar-refractivity contribution in [2.75, 3.05) is 40.4 Å². The molecule has 0 amide bonds. The van der Waals surface area contributed by atoms with Gasteiger partial charge in [-0.3, -0.25) is 4.90 Å². The largest absolute Gasteiger partial charge is 0.502 e. The summed E-state index contributed by atoms with van der Waals surface area (Å²) in [6.45, 7) is 3.82. The average Bonchev–Trinajstić information content (AvgIpc) is 3.41. The molecule has 164 valence electrons. The summed E-state index contributed by atoms with van der Waals surface area (Å²) in [6.07, 6.45) is 2.85. The highest BCUT2D eigenvalue weighted by molar-refractivity contribution is 7.91. The second-order valence-corrected chi connectivity index (χ2v) is 11.3. The van der Waals surface area contributed by atoms with Crippen LogP contribution < -0.4 is 9.47 Å². The van der Waals surface area contributed by atoms with Gasteiger partial charge in [0.25, 0.3) is 10.0 Å². The molecule has 7 nitrogen and oxygen atoms in total. The Hall–Kier alpha value is -1.81. The number of ether oxygens (including phenoxy) is 2. The highest BCUT2D eigenvalue weighted by Gasteiger charge is 2.43. The molecule has 0 aliphatic carbocycles. The van der Waals surface area contributed by atoms with Gasteiger partial charge < -0.3 is 14.6 Å². The molecular weight excluding hydrogens is 424 g/mol. The lowest BCUT2D eigenvalue weighted by Gasteiger charge is -2.38. The molecule has 2 saturated heterocycles. The van der Waals surface area contributed by atoms with Crippen LogP contribution in [0, 0.1) is 5.41 Å². The van der Waals surface area contributed by atoms with Gasteiger partial charge in [0.2, 0.25) is 5.75 Å². The molecule has 1 aromatic heterocycles. The van der Waals surface area contributed by atoms with Crippen LogP contribution in [0.3, 0.4) is 0 Å². The number of likely N-dealkylation sites (tertiary alicyclic amines) is 1. The van der Waals surface area contributed by atoms with E-state index in [2.05, 4.69) is 4.90 Å². The van der Waals surface area contributed by atoms with Gasteiger partial charge in [0.1, 0.15) is 4.21 Å². The van der Waals surface area contributed by atoms with Crippen molar-refractivity contribution in [2.24, 2.45) is 5.41 Å². The lowest BCUT2D eigenvalue weighted by Crippen LogP contribution is -2.44. The second-order valence-electron chi connectivity index (χ2n) is 8.15. The number of methoxy groups -OCH3 is 2. The third-order valence-corrected chi connectivity index (χ3v) is 9.61. The zero-order chi connectivity index (χ0) is 21.4. The van der Waals surface area contributed by atoms with Crippen LogP contribution in [0.4, 0.5) is 0 Å². The molecule has 1 aromatic carbocycles. The molecule has 2 aliphatic heterocycles. The Morgan fingerprint density at radius 1 is 1.10 bits per heavy atom. The van der Waals surface area contributed by atoms with E-state index >= 15 is 0 Å². The summed E-state index contributed by atoms with van der Waals surface area (Å²) in [6, 6.07) is 7.16. The van der Waals surface area contributed by atoms with Crippen molar-refractivity contribution in [1.29, 1.82) is 0 Å². The van der Waals surface area contributed by atoms with E-state index in [1.807, 2.05) is 12.1 Å². The number of nitrogens with zero attached hydrogens (tertiary/aromatic N) is 2. The van der Waals surface area contributed by atoms with Gasteiger partial charge in [-0.05, 0) is 60.4 Å². The maximum absolute atomic E-state index is 12.8. The molecule has 2 fully saturated rings. The summed E-state index contributed by atoms with van der Waals surface area (Å²) in [5, 5.41) is 11.9. The van der Waals surface area contributed by atoms with Crippen LogP contribution >= 0.6 is 11.3 Å². The van der Waals surface area contributed by atoms with E-state index in [1.54, 1.807) is 21.8 Å². The molecule has 0 atom stereocenters. The minimum Gasteiger partial charge on any atom is -0.502 e. The lowest BCUT2D eigenvalue weighted by molar-refractivity contribution is 0.153. The number of aromatic hydroxyl groups is 1. The van der Waals surface area contributed by atoms with E-state index in [0.717, 1.165) is 44.5 Å². The first-order valence-electron chi connectivity index (χ1n) is 10.1. The molecule has 0 radical (unpaired) electrons. The van der Waals surface area contributed by atoms with Crippen LogP contribution in [0.2, 0.25) is 0 Å². The zero-order valence-corrected chi connectivity index (χ0v) is 19.0. The first-order chi connectivity index (χ1) is 14.4. The van der Waals surface area contributed by atoms with Crippen molar-refractivity contribution >= 4 is 21.4 Å². The van der Waals surface area contributed by atoms with Gasteiger partial charge >= 0.3 is 0 Å². The van der Waals surface area contributed by atoms with E-state index < -0.39 is 10.0 Å². The first kappa shape index (κ1) is 21.4. The molecule has 2 aliphatic rings. The van der Waals surface area contributed by atoms with Crippen LogP contribution in [-0.2, 0) is 16.6 Å². The number of sulfonamides is 1. The number of thiophene rings is 1. The van der Waals surface area contributed by atoms with Crippen LogP contribution in [0.25, 0.3) is 0 Å². The minimum atomic E-state index is -3.36. The van der Waals surface area contributed by atoms with E-state index in [0.29, 0.717) is 28.8 Å². The Kier molecular flexibility index (Phi) is 5.98. The molecular formula is C21H28N2O5S2. The van der Waals surface area contributed by atoms with E-state index in [4.69, 9.17) is 9.47 Å². The number of phenolic OH excluding ortho intramolecular Hbond substituents is 1. The topological polar surface area (TPSA) is 79.3 Å². The Balaban J connectivity index is 1.40. The third kappa shape index (κ3) is 4.03. The quantitative estimate of drug-likeness (QED) is 0.725. The van der Waals surface area contributed by atoms with Crippen LogP contribution in [0.15, 0.2) is 33.9 Å². The number of hydrogen-bond acceptors (Lipinski definition) is 7. The number of hydrogen-bond donors (Lipinski definition) is 1. The van der Waals surface area contributed by atoms with Crippen molar-refractivity contribution < 1.29 is 23.0 Å². The Labute approximate surface area is 181 Å². The average molecular weight is 453 g/mol. The number of piperidine rings is 1. The summed E-state index contributed by atoms with van der Waals surface area (Å²) >= 11 is 1.28. The molecule has 0 unspecified atom stereocenters. The lowest BCUT2D eigenvalue weighted by atomic mass is 9.78. The van der Waals surface area contributed by atoms with Gasteiger partial charge in [-0.2, -0.15) is 4.31 Å². The number of benzene rings is 1. The van der Waals surface area contributed by atoms with Crippen LogP contribution in [-0.4, -0.2) is 63.1 Å². The highest BCUT2D eigenvalue weighted by Crippen LogP contribution is 2.43. The van der Waals surface area contributed by atoms with Gasteiger partial charge in [-0.15, -0.1) is 11.3 Å². The summed E-state index contributed by atoms with van der Waals surface area (Å²) < 4.78 is 38.2. The smallest absolute Gasteiger partial charge is 0.252 e. The predicted octanol–water partition coefficient (Wildman–Crippen LogP) is 3.15. The molecule has 4 rings (SSSR count). The third-order valence-electron chi connectivity index (χ3n) is 6.34. The minimum absolute atomic E-state index is 0.0148. The number of phenols is 1. The molecule has 0 saturated carbocycles.